The summed E-state index contributed by atoms with van der Waals surface area (Å²) in [7, 11) is 0. The second-order valence-electron chi connectivity index (χ2n) is 3.46. The Kier molecular flexibility index (Phi) is 3.11. The Hall–Kier alpha value is -0.420. The number of alkyl halides is 2. The average molecular weight is 298 g/mol. The SMILES string of the molecule is FC(F)C1CN(c2ncc(Br)cc2Cl)C1. The van der Waals surface area contributed by atoms with Crippen LogP contribution in [-0.4, -0.2) is 24.5 Å². The number of aromatic nitrogens is 1. The summed E-state index contributed by atoms with van der Waals surface area (Å²) in [6.45, 7) is 0.651. The van der Waals surface area contributed by atoms with Gasteiger partial charge in [-0.05, 0) is 22.0 Å². The molecule has 0 unspecified atom stereocenters. The van der Waals surface area contributed by atoms with Gasteiger partial charge in [0.25, 0.3) is 0 Å². The summed E-state index contributed by atoms with van der Waals surface area (Å²) in [4.78, 5) is 5.85. The molecule has 0 N–H and O–H groups in total. The summed E-state index contributed by atoms with van der Waals surface area (Å²) in [6, 6.07) is 1.71. The second-order valence-corrected chi connectivity index (χ2v) is 4.78. The molecule has 0 saturated carbocycles. The fraction of sp³-hybridized carbons (Fsp3) is 0.444. The van der Waals surface area contributed by atoms with E-state index in [0.29, 0.717) is 23.9 Å². The van der Waals surface area contributed by atoms with E-state index in [1.54, 1.807) is 17.2 Å². The first-order valence-electron chi connectivity index (χ1n) is 4.42. The number of pyridine rings is 1. The molecule has 1 aliphatic heterocycles. The zero-order valence-corrected chi connectivity index (χ0v) is 9.97. The standard InChI is InChI=1S/C9H8BrClF2N2/c10-6-1-7(11)9(14-2-6)15-3-5(4-15)8(12)13/h1-2,5,8H,3-4H2. The molecule has 6 heteroatoms. The maximum Gasteiger partial charge on any atom is 0.244 e. The molecule has 15 heavy (non-hydrogen) atoms. The van der Waals surface area contributed by atoms with Gasteiger partial charge in [-0.3, -0.25) is 0 Å². The van der Waals surface area contributed by atoms with Crippen LogP contribution in [0.3, 0.4) is 0 Å². The smallest absolute Gasteiger partial charge is 0.244 e. The average Bonchev–Trinajstić information content (AvgIpc) is 2.05. The monoisotopic (exact) mass is 296 g/mol. The van der Waals surface area contributed by atoms with Crippen LogP contribution in [0.2, 0.25) is 5.02 Å². The molecule has 0 atom stereocenters. The molecule has 2 heterocycles. The van der Waals surface area contributed by atoms with Crippen molar-refractivity contribution in [1.29, 1.82) is 0 Å². The Morgan fingerprint density at radius 2 is 2.20 bits per heavy atom. The van der Waals surface area contributed by atoms with Crippen LogP contribution in [0.25, 0.3) is 0 Å². The zero-order chi connectivity index (χ0) is 11.0. The van der Waals surface area contributed by atoms with Crippen LogP contribution in [-0.2, 0) is 0 Å². The summed E-state index contributed by atoms with van der Waals surface area (Å²) in [5.74, 6) is 0.0308. The second kappa shape index (κ2) is 4.22. The predicted molar refractivity (Wildman–Crippen MR) is 58.7 cm³/mol. The fourth-order valence-corrected chi connectivity index (χ4v) is 2.23. The molecular formula is C9H8BrClF2N2. The van der Waals surface area contributed by atoms with Crippen molar-refractivity contribution in [2.75, 3.05) is 18.0 Å². The summed E-state index contributed by atoms with van der Waals surface area (Å²) in [6.07, 6.45) is -0.646. The van der Waals surface area contributed by atoms with Crippen molar-refractivity contribution in [1.82, 2.24) is 4.98 Å². The topological polar surface area (TPSA) is 16.1 Å². The molecule has 1 aromatic rings. The molecule has 0 aromatic carbocycles. The minimum absolute atomic E-state index is 0.325. The molecule has 1 aromatic heterocycles. The van der Waals surface area contributed by atoms with Crippen LogP contribution in [0.4, 0.5) is 14.6 Å². The maximum atomic E-state index is 12.2. The van der Waals surface area contributed by atoms with Gasteiger partial charge in [-0.2, -0.15) is 0 Å². The van der Waals surface area contributed by atoms with Crippen LogP contribution < -0.4 is 4.90 Å². The van der Waals surface area contributed by atoms with Crippen molar-refractivity contribution in [3.05, 3.63) is 21.8 Å². The highest BCUT2D eigenvalue weighted by atomic mass is 79.9. The molecule has 82 valence electrons. The van der Waals surface area contributed by atoms with Gasteiger partial charge in [0.15, 0.2) is 0 Å². The van der Waals surface area contributed by atoms with E-state index in [1.165, 1.54) is 0 Å². The third kappa shape index (κ3) is 2.23. The van der Waals surface area contributed by atoms with Crippen molar-refractivity contribution in [2.45, 2.75) is 6.43 Å². The third-order valence-electron chi connectivity index (χ3n) is 2.35. The first-order chi connectivity index (χ1) is 7.08. The van der Waals surface area contributed by atoms with Gasteiger partial charge in [-0.15, -0.1) is 0 Å². The number of hydrogen-bond acceptors (Lipinski definition) is 2. The number of halogens is 4. The molecule has 2 rings (SSSR count). The van der Waals surface area contributed by atoms with Gasteiger partial charge in [-0.1, -0.05) is 11.6 Å². The Morgan fingerprint density at radius 3 is 2.73 bits per heavy atom. The van der Waals surface area contributed by atoms with Crippen molar-refractivity contribution in [3.8, 4) is 0 Å². The van der Waals surface area contributed by atoms with Crippen molar-refractivity contribution < 1.29 is 8.78 Å². The number of anilines is 1. The first-order valence-corrected chi connectivity index (χ1v) is 5.59. The van der Waals surface area contributed by atoms with Gasteiger partial charge in [0.05, 0.1) is 10.9 Å². The lowest BCUT2D eigenvalue weighted by atomic mass is 10.0. The van der Waals surface area contributed by atoms with Crippen LogP contribution >= 0.6 is 27.5 Å². The quantitative estimate of drug-likeness (QED) is 0.833. The molecule has 0 spiro atoms. The maximum absolute atomic E-state index is 12.2. The lowest BCUT2D eigenvalue weighted by Gasteiger charge is -2.39. The molecule has 0 aliphatic carbocycles. The van der Waals surface area contributed by atoms with Crippen molar-refractivity contribution in [2.24, 2.45) is 5.92 Å². The Bertz CT molecular complexity index is 369. The molecule has 0 radical (unpaired) electrons. The van der Waals surface area contributed by atoms with Gasteiger partial charge in [0, 0.05) is 23.8 Å². The first kappa shape index (κ1) is 11.1. The zero-order valence-electron chi connectivity index (χ0n) is 7.63. The molecule has 1 saturated heterocycles. The minimum Gasteiger partial charge on any atom is -0.354 e. The lowest BCUT2D eigenvalue weighted by Crippen LogP contribution is -2.50. The molecule has 2 nitrogen and oxygen atoms in total. The Morgan fingerprint density at radius 1 is 1.53 bits per heavy atom. The highest BCUT2D eigenvalue weighted by molar-refractivity contribution is 9.10. The van der Waals surface area contributed by atoms with E-state index < -0.39 is 12.3 Å². The Labute approximate surface area is 99.4 Å². The molecule has 0 bridgehead atoms. The van der Waals surface area contributed by atoms with E-state index in [1.807, 2.05) is 0 Å². The van der Waals surface area contributed by atoms with Gasteiger partial charge in [0.2, 0.25) is 6.43 Å². The van der Waals surface area contributed by atoms with Crippen molar-refractivity contribution in [3.63, 3.8) is 0 Å². The van der Waals surface area contributed by atoms with Gasteiger partial charge < -0.3 is 4.90 Å². The molecule has 1 aliphatic rings. The summed E-state index contributed by atoms with van der Waals surface area (Å²) in [5.41, 5.74) is 0. The number of rotatable bonds is 2. The molecule has 0 amide bonds. The molecular weight excluding hydrogens is 289 g/mol. The van der Waals surface area contributed by atoms with E-state index in [4.69, 9.17) is 11.6 Å². The Balaban J connectivity index is 2.07. The van der Waals surface area contributed by atoms with E-state index in [2.05, 4.69) is 20.9 Å². The highest BCUT2D eigenvalue weighted by Crippen LogP contribution is 2.32. The van der Waals surface area contributed by atoms with E-state index in [-0.39, 0.29) is 0 Å². The van der Waals surface area contributed by atoms with Crippen LogP contribution in [0.15, 0.2) is 16.7 Å². The van der Waals surface area contributed by atoms with Gasteiger partial charge in [0.1, 0.15) is 5.82 Å². The molecule has 1 fully saturated rings. The highest BCUT2D eigenvalue weighted by Gasteiger charge is 2.35. The number of hydrogen-bond donors (Lipinski definition) is 0. The van der Waals surface area contributed by atoms with Crippen LogP contribution in [0, 0.1) is 5.92 Å². The van der Waals surface area contributed by atoms with Crippen LogP contribution in [0.5, 0.6) is 0 Å². The van der Waals surface area contributed by atoms with E-state index in [0.717, 1.165) is 4.47 Å². The third-order valence-corrected chi connectivity index (χ3v) is 3.07. The van der Waals surface area contributed by atoms with Crippen LogP contribution in [0.1, 0.15) is 0 Å². The normalized spacial score (nSPS) is 17.0. The van der Waals surface area contributed by atoms with Crippen molar-refractivity contribution >= 4 is 33.3 Å². The van der Waals surface area contributed by atoms with Gasteiger partial charge in [-0.25, -0.2) is 13.8 Å². The van der Waals surface area contributed by atoms with E-state index in [9.17, 15) is 8.78 Å². The summed E-state index contributed by atoms with van der Waals surface area (Å²) < 4.78 is 25.3. The van der Waals surface area contributed by atoms with E-state index >= 15 is 0 Å². The summed E-state index contributed by atoms with van der Waals surface area (Å²) in [5, 5.41) is 0.483. The minimum atomic E-state index is -2.25. The predicted octanol–water partition coefficient (Wildman–Crippen LogP) is 3.20. The van der Waals surface area contributed by atoms with Gasteiger partial charge >= 0.3 is 0 Å². The summed E-state index contributed by atoms with van der Waals surface area (Å²) >= 11 is 9.18. The largest absolute Gasteiger partial charge is 0.354 e. The fourth-order valence-electron chi connectivity index (χ4n) is 1.49. The number of nitrogens with zero attached hydrogens (tertiary/aromatic N) is 2. The lowest BCUT2D eigenvalue weighted by molar-refractivity contribution is 0.0611.